The minimum Gasteiger partial charge on any atom is -0.489 e. The van der Waals surface area contributed by atoms with Gasteiger partial charge in [0.2, 0.25) is 0 Å². The van der Waals surface area contributed by atoms with Gasteiger partial charge in [-0.15, -0.1) is 0 Å². The Hall–Kier alpha value is -1.52. The minimum atomic E-state index is -3.70. The molecule has 0 saturated carbocycles. The summed E-state index contributed by atoms with van der Waals surface area (Å²) < 4.78 is 28.2. The molecule has 0 spiro atoms. The summed E-state index contributed by atoms with van der Waals surface area (Å²) in [5.41, 5.74) is 2.99. The molecule has 2 aromatic rings. The standard InChI is InChI=1S/C15H15ClO3S/c1-11-5-3-4-6-13(11)10-19-15-8-7-14(9-12(15)2)20(16,17)18/h3-9H,10H2,1-2H3. The number of ether oxygens (including phenoxy) is 1. The monoisotopic (exact) mass is 310 g/mol. The Kier molecular flexibility index (Phi) is 4.35. The Morgan fingerprint density at radius 2 is 1.75 bits per heavy atom. The highest BCUT2D eigenvalue weighted by Crippen LogP contribution is 2.24. The van der Waals surface area contributed by atoms with E-state index in [4.69, 9.17) is 15.4 Å². The zero-order chi connectivity index (χ0) is 14.8. The Balaban J connectivity index is 2.17. The predicted molar refractivity (Wildman–Crippen MR) is 79.7 cm³/mol. The molecule has 5 heteroatoms. The molecule has 20 heavy (non-hydrogen) atoms. The van der Waals surface area contributed by atoms with Gasteiger partial charge in [-0.3, -0.25) is 0 Å². The highest BCUT2D eigenvalue weighted by molar-refractivity contribution is 8.13. The Morgan fingerprint density at radius 3 is 2.35 bits per heavy atom. The molecule has 0 aliphatic rings. The first-order chi connectivity index (χ1) is 9.38. The second-order valence-corrected chi connectivity index (χ2v) is 7.15. The van der Waals surface area contributed by atoms with Crippen molar-refractivity contribution in [2.75, 3.05) is 0 Å². The normalized spacial score (nSPS) is 11.3. The Labute approximate surface area is 123 Å². The minimum absolute atomic E-state index is 0.0832. The van der Waals surface area contributed by atoms with Gasteiger partial charge in [0.25, 0.3) is 9.05 Å². The maximum Gasteiger partial charge on any atom is 0.261 e. The van der Waals surface area contributed by atoms with Crippen molar-refractivity contribution in [3.8, 4) is 5.75 Å². The third kappa shape index (κ3) is 3.52. The van der Waals surface area contributed by atoms with Gasteiger partial charge in [0, 0.05) is 10.7 Å². The maximum absolute atomic E-state index is 11.2. The Morgan fingerprint density at radius 1 is 1.05 bits per heavy atom. The number of rotatable bonds is 4. The first-order valence-corrected chi connectivity index (χ1v) is 8.41. The van der Waals surface area contributed by atoms with E-state index >= 15 is 0 Å². The zero-order valence-corrected chi connectivity index (χ0v) is 12.8. The molecule has 0 N–H and O–H groups in total. The van der Waals surface area contributed by atoms with Crippen LogP contribution in [0.2, 0.25) is 0 Å². The average Bonchev–Trinajstić information content (AvgIpc) is 2.38. The topological polar surface area (TPSA) is 43.4 Å². The van der Waals surface area contributed by atoms with Crippen molar-refractivity contribution in [3.63, 3.8) is 0 Å². The predicted octanol–water partition coefficient (Wildman–Crippen LogP) is 3.81. The van der Waals surface area contributed by atoms with E-state index in [1.165, 1.54) is 12.1 Å². The molecule has 0 aliphatic carbocycles. The molecule has 2 rings (SSSR count). The smallest absolute Gasteiger partial charge is 0.261 e. The summed E-state index contributed by atoms with van der Waals surface area (Å²) in [6.07, 6.45) is 0. The fourth-order valence-corrected chi connectivity index (χ4v) is 2.70. The fraction of sp³-hybridized carbons (Fsp3) is 0.200. The third-order valence-electron chi connectivity index (χ3n) is 3.07. The van der Waals surface area contributed by atoms with Crippen LogP contribution >= 0.6 is 10.7 Å². The molecule has 0 bridgehead atoms. The second-order valence-electron chi connectivity index (χ2n) is 4.58. The first-order valence-electron chi connectivity index (χ1n) is 6.10. The van der Waals surface area contributed by atoms with E-state index in [2.05, 4.69) is 0 Å². The molecule has 0 radical (unpaired) electrons. The third-order valence-corrected chi connectivity index (χ3v) is 4.42. The summed E-state index contributed by atoms with van der Waals surface area (Å²) in [5, 5.41) is 0. The summed E-state index contributed by atoms with van der Waals surface area (Å²) in [6.45, 7) is 4.26. The molecule has 106 valence electrons. The zero-order valence-electron chi connectivity index (χ0n) is 11.3. The number of aryl methyl sites for hydroxylation is 2. The molecular weight excluding hydrogens is 296 g/mol. The lowest BCUT2D eigenvalue weighted by molar-refractivity contribution is 0.303. The van der Waals surface area contributed by atoms with E-state index in [0.29, 0.717) is 12.4 Å². The van der Waals surface area contributed by atoms with Crippen LogP contribution < -0.4 is 4.74 Å². The number of halogens is 1. The molecule has 0 amide bonds. The van der Waals surface area contributed by atoms with Crippen LogP contribution in [0, 0.1) is 13.8 Å². The average molecular weight is 311 g/mol. The lowest BCUT2D eigenvalue weighted by Gasteiger charge is -2.11. The van der Waals surface area contributed by atoms with Crippen molar-refractivity contribution < 1.29 is 13.2 Å². The van der Waals surface area contributed by atoms with E-state index in [1.807, 2.05) is 31.2 Å². The second kappa shape index (κ2) is 5.85. The molecular formula is C15H15ClO3S. The number of hydrogen-bond donors (Lipinski definition) is 0. The molecule has 0 unspecified atom stereocenters. The van der Waals surface area contributed by atoms with Crippen LogP contribution in [0.15, 0.2) is 47.4 Å². The number of hydrogen-bond acceptors (Lipinski definition) is 3. The van der Waals surface area contributed by atoms with Crippen LogP contribution in [0.1, 0.15) is 16.7 Å². The highest BCUT2D eigenvalue weighted by atomic mass is 35.7. The van der Waals surface area contributed by atoms with Gasteiger partial charge < -0.3 is 4.74 Å². The van der Waals surface area contributed by atoms with Gasteiger partial charge in [0.1, 0.15) is 12.4 Å². The summed E-state index contributed by atoms with van der Waals surface area (Å²) in [7, 11) is 1.61. The molecule has 0 saturated heterocycles. The first kappa shape index (κ1) is 14.9. The lowest BCUT2D eigenvalue weighted by atomic mass is 10.1. The van der Waals surface area contributed by atoms with Crippen molar-refractivity contribution in [1.29, 1.82) is 0 Å². The van der Waals surface area contributed by atoms with E-state index in [-0.39, 0.29) is 4.90 Å². The van der Waals surface area contributed by atoms with Gasteiger partial charge in [-0.2, -0.15) is 0 Å². The largest absolute Gasteiger partial charge is 0.489 e. The van der Waals surface area contributed by atoms with Gasteiger partial charge in [-0.25, -0.2) is 8.42 Å². The molecule has 0 aromatic heterocycles. The van der Waals surface area contributed by atoms with Crippen molar-refractivity contribution in [3.05, 3.63) is 59.2 Å². The summed E-state index contributed by atoms with van der Waals surface area (Å²) in [5.74, 6) is 0.650. The molecule has 0 aliphatic heterocycles. The molecule has 0 heterocycles. The van der Waals surface area contributed by atoms with Crippen molar-refractivity contribution >= 4 is 19.7 Å². The van der Waals surface area contributed by atoms with Gasteiger partial charge in [-0.05, 0) is 48.7 Å². The fourth-order valence-electron chi connectivity index (χ4n) is 1.86. The van der Waals surface area contributed by atoms with Crippen molar-refractivity contribution in [2.45, 2.75) is 25.3 Å². The molecule has 2 aromatic carbocycles. The quantitative estimate of drug-likeness (QED) is 0.807. The van der Waals surface area contributed by atoms with Crippen molar-refractivity contribution in [1.82, 2.24) is 0 Å². The summed E-state index contributed by atoms with van der Waals surface area (Å²) in [4.78, 5) is 0.0832. The lowest BCUT2D eigenvalue weighted by Crippen LogP contribution is -2.00. The van der Waals surface area contributed by atoms with Gasteiger partial charge >= 0.3 is 0 Å². The van der Waals surface area contributed by atoms with Crippen LogP contribution in [-0.2, 0) is 15.7 Å². The molecule has 3 nitrogen and oxygen atoms in total. The number of benzene rings is 2. The maximum atomic E-state index is 11.2. The Bertz CT molecular complexity index is 724. The van der Waals surface area contributed by atoms with Crippen LogP contribution in [-0.4, -0.2) is 8.42 Å². The van der Waals surface area contributed by atoms with Crippen LogP contribution in [0.5, 0.6) is 5.75 Å². The SMILES string of the molecule is Cc1ccccc1COc1ccc(S(=O)(=O)Cl)cc1C. The van der Waals surface area contributed by atoms with E-state index in [0.717, 1.165) is 16.7 Å². The van der Waals surface area contributed by atoms with Gasteiger partial charge in [0.15, 0.2) is 0 Å². The van der Waals surface area contributed by atoms with Crippen molar-refractivity contribution in [2.24, 2.45) is 0 Å². The van der Waals surface area contributed by atoms with E-state index in [9.17, 15) is 8.42 Å². The highest BCUT2D eigenvalue weighted by Gasteiger charge is 2.12. The van der Waals surface area contributed by atoms with Crippen LogP contribution in [0.25, 0.3) is 0 Å². The molecule has 0 fully saturated rings. The summed E-state index contributed by atoms with van der Waals surface area (Å²) >= 11 is 0. The van der Waals surface area contributed by atoms with Gasteiger partial charge in [-0.1, -0.05) is 24.3 Å². The van der Waals surface area contributed by atoms with Crippen LogP contribution in [0.4, 0.5) is 0 Å². The van der Waals surface area contributed by atoms with Gasteiger partial charge in [0.05, 0.1) is 4.90 Å². The summed E-state index contributed by atoms with van der Waals surface area (Å²) in [6, 6.07) is 12.5. The van der Waals surface area contributed by atoms with E-state index < -0.39 is 9.05 Å². The van der Waals surface area contributed by atoms with Crippen LogP contribution in [0.3, 0.4) is 0 Å². The molecule has 0 atom stereocenters. The van der Waals surface area contributed by atoms with E-state index in [1.54, 1.807) is 13.0 Å².